The standard InChI is InChI=1S/C12H12ClNO2/c1-9(15)14-11-5-2-10(3-6-11)4-7-12(16)8-13/h2-7H,8H2,1H3,(H,14,15)/b7-4+. The molecule has 0 heterocycles. The molecule has 1 aromatic rings. The molecule has 0 atom stereocenters. The van der Waals surface area contributed by atoms with E-state index in [1.165, 1.54) is 13.0 Å². The number of carbonyl (C=O) groups is 2. The topological polar surface area (TPSA) is 46.2 Å². The van der Waals surface area contributed by atoms with Crippen LogP contribution in [0.25, 0.3) is 6.08 Å². The van der Waals surface area contributed by atoms with Crippen LogP contribution >= 0.6 is 11.6 Å². The predicted octanol–water partition coefficient (Wildman–Crippen LogP) is 2.47. The number of hydrogen-bond acceptors (Lipinski definition) is 2. The number of anilines is 1. The molecule has 1 amide bonds. The van der Waals surface area contributed by atoms with Crippen LogP contribution in [0.2, 0.25) is 0 Å². The Bertz CT molecular complexity index is 410. The number of hydrogen-bond donors (Lipinski definition) is 1. The van der Waals surface area contributed by atoms with Gasteiger partial charge in [0.15, 0.2) is 5.78 Å². The molecule has 4 heteroatoms. The highest BCUT2D eigenvalue weighted by atomic mass is 35.5. The molecular formula is C12H12ClNO2. The summed E-state index contributed by atoms with van der Waals surface area (Å²) in [6.07, 6.45) is 3.11. The zero-order valence-corrected chi connectivity index (χ0v) is 9.62. The Hall–Kier alpha value is -1.61. The highest BCUT2D eigenvalue weighted by molar-refractivity contribution is 6.29. The lowest BCUT2D eigenvalue weighted by molar-refractivity contribution is -0.114. The molecule has 0 spiro atoms. The largest absolute Gasteiger partial charge is 0.326 e. The Labute approximate surface area is 99.1 Å². The highest BCUT2D eigenvalue weighted by Crippen LogP contribution is 2.10. The van der Waals surface area contributed by atoms with Crippen LogP contribution in [0.3, 0.4) is 0 Å². The fourth-order valence-electron chi connectivity index (χ4n) is 1.11. The van der Waals surface area contributed by atoms with Gasteiger partial charge in [-0.25, -0.2) is 0 Å². The van der Waals surface area contributed by atoms with E-state index in [9.17, 15) is 9.59 Å². The quantitative estimate of drug-likeness (QED) is 0.646. The summed E-state index contributed by atoms with van der Waals surface area (Å²) in [6.45, 7) is 1.45. The summed E-state index contributed by atoms with van der Waals surface area (Å²) in [5, 5.41) is 2.66. The van der Waals surface area contributed by atoms with Gasteiger partial charge in [0.2, 0.25) is 5.91 Å². The maximum atomic E-state index is 10.9. The Kier molecular flexibility index (Phi) is 4.73. The van der Waals surface area contributed by atoms with E-state index in [0.29, 0.717) is 0 Å². The molecular weight excluding hydrogens is 226 g/mol. The van der Waals surface area contributed by atoms with Crippen molar-refractivity contribution in [2.45, 2.75) is 6.92 Å². The van der Waals surface area contributed by atoms with Crippen LogP contribution in [-0.4, -0.2) is 17.6 Å². The summed E-state index contributed by atoms with van der Waals surface area (Å²) >= 11 is 5.35. The van der Waals surface area contributed by atoms with Crippen molar-refractivity contribution >= 4 is 35.1 Å². The van der Waals surface area contributed by atoms with Crippen molar-refractivity contribution in [2.24, 2.45) is 0 Å². The molecule has 0 aliphatic heterocycles. The lowest BCUT2D eigenvalue weighted by atomic mass is 10.2. The van der Waals surface area contributed by atoms with Crippen molar-refractivity contribution in [3.05, 3.63) is 35.9 Å². The Morgan fingerprint density at radius 2 is 1.94 bits per heavy atom. The number of carbonyl (C=O) groups excluding carboxylic acids is 2. The average molecular weight is 238 g/mol. The predicted molar refractivity (Wildman–Crippen MR) is 65.5 cm³/mol. The number of rotatable bonds is 4. The van der Waals surface area contributed by atoms with E-state index >= 15 is 0 Å². The van der Waals surface area contributed by atoms with Gasteiger partial charge < -0.3 is 5.32 Å². The van der Waals surface area contributed by atoms with Crippen LogP contribution in [0.1, 0.15) is 12.5 Å². The highest BCUT2D eigenvalue weighted by Gasteiger charge is 1.95. The van der Waals surface area contributed by atoms with E-state index in [-0.39, 0.29) is 17.6 Å². The van der Waals surface area contributed by atoms with Crippen molar-refractivity contribution in [3.63, 3.8) is 0 Å². The van der Waals surface area contributed by atoms with Crippen LogP contribution in [0.5, 0.6) is 0 Å². The summed E-state index contributed by atoms with van der Waals surface area (Å²) in [4.78, 5) is 21.7. The Balaban J connectivity index is 2.68. The molecule has 1 aromatic carbocycles. The van der Waals surface area contributed by atoms with Crippen LogP contribution < -0.4 is 5.32 Å². The second kappa shape index (κ2) is 6.08. The molecule has 0 radical (unpaired) electrons. The van der Waals surface area contributed by atoms with E-state index in [1.807, 2.05) is 12.1 Å². The van der Waals surface area contributed by atoms with Crippen molar-refractivity contribution < 1.29 is 9.59 Å². The van der Waals surface area contributed by atoms with Crippen LogP contribution in [-0.2, 0) is 9.59 Å². The number of ketones is 1. The summed E-state index contributed by atoms with van der Waals surface area (Å²) in [6, 6.07) is 7.16. The van der Waals surface area contributed by atoms with Gasteiger partial charge in [0.25, 0.3) is 0 Å². The van der Waals surface area contributed by atoms with Crippen LogP contribution in [0.15, 0.2) is 30.3 Å². The maximum absolute atomic E-state index is 10.9. The van der Waals surface area contributed by atoms with Gasteiger partial charge in [-0.2, -0.15) is 0 Å². The zero-order chi connectivity index (χ0) is 12.0. The number of halogens is 1. The molecule has 0 aliphatic rings. The summed E-state index contributed by atoms with van der Waals surface area (Å²) in [7, 11) is 0. The van der Waals surface area contributed by atoms with Crippen LogP contribution in [0.4, 0.5) is 5.69 Å². The first kappa shape index (κ1) is 12.5. The smallest absolute Gasteiger partial charge is 0.221 e. The summed E-state index contributed by atoms with van der Waals surface area (Å²) in [5.74, 6) is -0.256. The lowest BCUT2D eigenvalue weighted by Crippen LogP contribution is -2.05. The number of benzene rings is 1. The fourth-order valence-corrected chi connectivity index (χ4v) is 1.20. The van der Waals surface area contributed by atoms with Crippen LogP contribution in [0, 0.1) is 0 Å². The van der Waals surface area contributed by atoms with Gasteiger partial charge in [-0.1, -0.05) is 18.2 Å². The minimum absolute atomic E-state index is 0.0134. The Morgan fingerprint density at radius 3 is 2.44 bits per heavy atom. The molecule has 0 aromatic heterocycles. The molecule has 0 saturated heterocycles. The van der Waals surface area contributed by atoms with E-state index in [0.717, 1.165) is 11.3 Å². The minimum atomic E-state index is -0.132. The maximum Gasteiger partial charge on any atom is 0.221 e. The third-order valence-corrected chi connectivity index (χ3v) is 2.09. The van der Waals surface area contributed by atoms with E-state index < -0.39 is 0 Å². The van der Waals surface area contributed by atoms with Crippen molar-refractivity contribution in [2.75, 3.05) is 11.2 Å². The second-order valence-electron chi connectivity index (χ2n) is 3.24. The van der Waals surface area contributed by atoms with Gasteiger partial charge in [-0.05, 0) is 23.8 Å². The van der Waals surface area contributed by atoms with Gasteiger partial charge in [0.05, 0.1) is 5.88 Å². The zero-order valence-electron chi connectivity index (χ0n) is 8.87. The number of allylic oxidation sites excluding steroid dienone is 1. The monoisotopic (exact) mass is 237 g/mol. The molecule has 84 valence electrons. The van der Waals surface area contributed by atoms with Gasteiger partial charge in [0, 0.05) is 12.6 Å². The first-order valence-corrected chi connectivity index (χ1v) is 5.30. The van der Waals surface area contributed by atoms with Gasteiger partial charge in [-0.15, -0.1) is 11.6 Å². The molecule has 0 fully saturated rings. The molecule has 1 rings (SSSR count). The minimum Gasteiger partial charge on any atom is -0.326 e. The second-order valence-corrected chi connectivity index (χ2v) is 3.50. The van der Waals surface area contributed by atoms with Gasteiger partial charge >= 0.3 is 0 Å². The number of amides is 1. The summed E-state index contributed by atoms with van der Waals surface area (Å²) in [5.41, 5.74) is 1.61. The van der Waals surface area contributed by atoms with E-state index in [4.69, 9.17) is 11.6 Å². The molecule has 1 N–H and O–H groups in total. The first-order chi connectivity index (χ1) is 7.61. The molecule has 0 bridgehead atoms. The SMILES string of the molecule is CC(=O)Nc1ccc(/C=C/C(=O)CCl)cc1. The first-order valence-electron chi connectivity index (χ1n) is 4.76. The van der Waals surface area contributed by atoms with Crippen molar-refractivity contribution in [1.82, 2.24) is 0 Å². The Morgan fingerprint density at radius 1 is 1.31 bits per heavy atom. The molecule has 16 heavy (non-hydrogen) atoms. The van der Waals surface area contributed by atoms with E-state index in [1.54, 1.807) is 18.2 Å². The average Bonchev–Trinajstić information content (AvgIpc) is 2.27. The lowest BCUT2D eigenvalue weighted by Gasteiger charge is -2.01. The molecule has 0 saturated carbocycles. The fraction of sp³-hybridized carbons (Fsp3) is 0.167. The number of nitrogens with one attached hydrogen (secondary N) is 1. The molecule has 3 nitrogen and oxygen atoms in total. The van der Waals surface area contributed by atoms with Crippen molar-refractivity contribution in [3.8, 4) is 0 Å². The molecule has 0 unspecified atom stereocenters. The molecule has 0 aliphatic carbocycles. The third kappa shape index (κ3) is 4.28. The van der Waals surface area contributed by atoms with E-state index in [2.05, 4.69) is 5.32 Å². The number of alkyl halides is 1. The van der Waals surface area contributed by atoms with Gasteiger partial charge in [0.1, 0.15) is 0 Å². The third-order valence-electron chi connectivity index (χ3n) is 1.82. The normalized spacial score (nSPS) is 10.4. The van der Waals surface area contributed by atoms with Gasteiger partial charge in [-0.3, -0.25) is 9.59 Å². The summed E-state index contributed by atoms with van der Waals surface area (Å²) < 4.78 is 0. The van der Waals surface area contributed by atoms with Crippen molar-refractivity contribution in [1.29, 1.82) is 0 Å².